The lowest BCUT2D eigenvalue weighted by Gasteiger charge is -2.29. The summed E-state index contributed by atoms with van der Waals surface area (Å²) in [5, 5.41) is 10.8. The molecule has 1 aromatic rings. The van der Waals surface area contributed by atoms with E-state index in [-0.39, 0.29) is 0 Å². The van der Waals surface area contributed by atoms with E-state index in [0.717, 1.165) is 62.2 Å². The van der Waals surface area contributed by atoms with E-state index in [1.54, 1.807) is 0 Å². The molecule has 0 radical (unpaired) electrons. The van der Waals surface area contributed by atoms with Crippen LogP contribution in [0.1, 0.15) is 32.1 Å². The summed E-state index contributed by atoms with van der Waals surface area (Å²) in [5.74, 6) is 1.00. The first-order chi connectivity index (χ1) is 10.9. The van der Waals surface area contributed by atoms with E-state index in [1.165, 1.54) is 25.7 Å². The van der Waals surface area contributed by atoms with Crippen LogP contribution in [0.3, 0.4) is 0 Å². The Morgan fingerprint density at radius 1 is 1.05 bits per heavy atom. The molecule has 0 amide bonds. The third kappa shape index (κ3) is 3.12. The van der Waals surface area contributed by atoms with Crippen molar-refractivity contribution in [3.63, 3.8) is 0 Å². The highest BCUT2D eigenvalue weighted by molar-refractivity contribution is 7.99. The molecule has 3 aliphatic rings. The zero-order valence-electron chi connectivity index (χ0n) is 12.9. The Kier molecular flexibility index (Phi) is 4.54. The maximum absolute atomic E-state index is 5.84. The summed E-state index contributed by atoms with van der Waals surface area (Å²) in [7, 11) is 0. The zero-order valence-corrected chi connectivity index (χ0v) is 13.8. The highest BCUT2D eigenvalue weighted by Crippen LogP contribution is 2.37. The first kappa shape index (κ1) is 14.8. The van der Waals surface area contributed by atoms with Gasteiger partial charge in [0, 0.05) is 24.9 Å². The second-order valence-electron chi connectivity index (χ2n) is 6.30. The Labute approximate surface area is 135 Å². The molecule has 1 saturated carbocycles. The Balaban J connectivity index is 1.55. The van der Waals surface area contributed by atoms with E-state index in [9.17, 15) is 0 Å². The van der Waals surface area contributed by atoms with Crippen molar-refractivity contribution in [1.29, 1.82) is 0 Å². The van der Waals surface area contributed by atoms with Gasteiger partial charge in [0.25, 0.3) is 0 Å². The predicted octanol–water partition coefficient (Wildman–Crippen LogP) is 1.94. The van der Waals surface area contributed by atoms with Crippen LogP contribution in [-0.2, 0) is 16.0 Å². The van der Waals surface area contributed by atoms with Crippen LogP contribution >= 0.6 is 11.8 Å². The van der Waals surface area contributed by atoms with Gasteiger partial charge in [-0.25, -0.2) is 0 Å². The molecule has 0 N–H and O–H groups in total. The molecule has 1 aliphatic carbocycles. The molecule has 0 bridgehead atoms. The van der Waals surface area contributed by atoms with Crippen molar-refractivity contribution in [2.75, 3.05) is 37.8 Å². The van der Waals surface area contributed by atoms with E-state index in [2.05, 4.69) is 19.7 Å². The molecule has 122 valence electrons. The highest BCUT2D eigenvalue weighted by Gasteiger charge is 2.27. The van der Waals surface area contributed by atoms with E-state index < -0.39 is 0 Å². The average Bonchev–Trinajstić information content (AvgIpc) is 3.15. The van der Waals surface area contributed by atoms with Gasteiger partial charge >= 0.3 is 0 Å². The summed E-state index contributed by atoms with van der Waals surface area (Å²) in [6.45, 7) is 5.13. The fourth-order valence-corrected chi connectivity index (χ4v) is 4.39. The monoisotopic (exact) mass is 324 g/mol. The number of hydrogen-bond donors (Lipinski definition) is 0. The number of nitrogens with zero attached hydrogens (tertiary/aromatic N) is 4. The van der Waals surface area contributed by atoms with Crippen molar-refractivity contribution in [2.24, 2.45) is 0 Å². The predicted molar refractivity (Wildman–Crippen MR) is 85.5 cm³/mol. The van der Waals surface area contributed by atoms with Gasteiger partial charge in [0.15, 0.2) is 5.16 Å². The van der Waals surface area contributed by atoms with Gasteiger partial charge in [-0.05, 0) is 25.7 Å². The second kappa shape index (κ2) is 6.76. The molecule has 22 heavy (non-hydrogen) atoms. The summed E-state index contributed by atoms with van der Waals surface area (Å²) in [5.41, 5.74) is 0. The van der Waals surface area contributed by atoms with Crippen molar-refractivity contribution < 1.29 is 9.47 Å². The fraction of sp³-hybridized carbons (Fsp3) is 0.867. The van der Waals surface area contributed by atoms with Gasteiger partial charge in [0.2, 0.25) is 5.95 Å². The number of aromatic nitrogens is 3. The molecule has 2 aliphatic heterocycles. The van der Waals surface area contributed by atoms with Gasteiger partial charge in [-0.1, -0.05) is 18.2 Å². The molecular formula is C15H24N4O2S. The Bertz CT molecular complexity index is 494. The van der Waals surface area contributed by atoms with E-state index in [1.807, 2.05) is 11.8 Å². The number of hydrogen-bond acceptors (Lipinski definition) is 6. The lowest BCUT2D eigenvalue weighted by atomic mass is 10.0. The molecule has 6 nitrogen and oxygen atoms in total. The summed E-state index contributed by atoms with van der Waals surface area (Å²) < 4.78 is 13.6. The van der Waals surface area contributed by atoms with Gasteiger partial charge in [-0.15, -0.1) is 10.2 Å². The minimum Gasteiger partial charge on any atom is -0.378 e. The van der Waals surface area contributed by atoms with Crippen molar-refractivity contribution in [3.8, 4) is 0 Å². The van der Waals surface area contributed by atoms with Gasteiger partial charge in [-0.2, -0.15) is 0 Å². The van der Waals surface area contributed by atoms with E-state index in [4.69, 9.17) is 9.47 Å². The number of ether oxygens (including phenoxy) is 2. The standard InChI is InChI=1S/C15H24N4O2S/c1-4-13(5-1)22-15-17-16-14(18-6-9-20-10-7-18)19(15)11-12-3-2-8-21-12/h12-13H,1-11H2. The smallest absolute Gasteiger partial charge is 0.228 e. The van der Waals surface area contributed by atoms with Gasteiger partial charge in [-0.3, -0.25) is 4.57 Å². The van der Waals surface area contributed by atoms with Crippen LogP contribution < -0.4 is 4.90 Å². The Morgan fingerprint density at radius 3 is 2.59 bits per heavy atom. The summed E-state index contributed by atoms with van der Waals surface area (Å²) in [6, 6.07) is 0. The van der Waals surface area contributed by atoms with Crippen LogP contribution in [0.2, 0.25) is 0 Å². The minimum absolute atomic E-state index is 0.316. The van der Waals surface area contributed by atoms with Crippen LogP contribution in [0.25, 0.3) is 0 Å². The maximum atomic E-state index is 5.84. The summed E-state index contributed by atoms with van der Waals surface area (Å²) >= 11 is 1.90. The SMILES string of the molecule is C1COC(Cn2c(SC3CCC3)nnc2N2CCOCC2)C1. The fourth-order valence-electron chi connectivity index (χ4n) is 3.15. The summed E-state index contributed by atoms with van der Waals surface area (Å²) in [4.78, 5) is 2.30. The molecule has 0 aromatic carbocycles. The second-order valence-corrected chi connectivity index (χ2v) is 7.57. The van der Waals surface area contributed by atoms with Gasteiger partial charge < -0.3 is 14.4 Å². The van der Waals surface area contributed by atoms with Crippen LogP contribution in [-0.4, -0.2) is 59.0 Å². The van der Waals surface area contributed by atoms with Crippen LogP contribution in [0.4, 0.5) is 5.95 Å². The molecule has 2 saturated heterocycles. The molecule has 1 atom stereocenters. The number of rotatable bonds is 5. The zero-order chi connectivity index (χ0) is 14.8. The third-order valence-corrected chi connectivity index (χ3v) is 6.04. The molecule has 4 rings (SSSR count). The Hall–Kier alpha value is -0.790. The topological polar surface area (TPSA) is 52.4 Å². The summed E-state index contributed by atoms with van der Waals surface area (Å²) in [6.07, 6.45) is 6.61. The van der Waals surface area contributed by atoms with Crippen molar-refractivity contribution >= 4 is 17.7 Å². The van der Waals surface area contributed by atoms with Crippen LogP contribution in [0, 0.1) is 0 Å². The lowest BCUT2D eigenvalue weighted by Crippen LogP contribution is -2.38. The van der Waals surface area contributed by atoms with Crippen LogP contribution in [0.15, 0.2) is 5.16 Å². The average molecular weight is 324 g/mol. The Morgan fingerprint density at radius 2 is 1.91 bits per heavy atom. The van der Waals surface area contributed by atoms with E-state index in [0.29, 0.717) is 6.10 Å². The number of anilines is 1. The van der Waals surface area contributed by atoms with Gasteiger partial charge in [0.1, 0.15) is 0 Å². The minimum atomic E-state index is 0.316. The molecule has 1 aromatic heterocycles. The van der Waals surface area contributed by atoms with Crippen molar-refractivity contribution in [2.45, 2.75) is 55.2 Å². The normalized spacial score (nSPS) is 26.4. The third-order valence-electron chi connectivity index (χ3n) is 4.73. The highest BCUT2D eigenvalue weighted by atomic mass is 32.2. The molecule has 0 spiro atoms. The molecular weight excluding hydrogens is 300 g/mol. The van der Waals surface area contributed by atoms with Crippen LogP contribution in [0.5, 0.6) is 0 Å². The quantitative estimate of drug-likeness (QED) is 0.825. The number of thioether (sulfide) groups is 1. The maximum Gasteiger partial charge on any atom is 0.228 e. The van der Waals surface area contributed by atoms with Crippen molar-refractivity contribution in [3.05, 3.63) is 0 Å². The number of morpholine rings is 1. The van der Waals surface area contributed by atoms with Gasteiger partial charge in [0.05, 0.1) is 25.9 Å². The molecule has 3 fully saturated rings. The first-order valence-electron chi connectivity index (χ1n) is 8.44. The lowest BCUT2D eigenvalue weighted by molar-refractivity contribution is 0.0942. The first-order valence-corrected chi connectivity index (χ1v) is 9.32. The molecule has 1 unspecified atom stereocenters. The largest absolute Gasteiger partial charge is 0.378 e. The molecule has 3 heterocycles. The van der Waals surface area contributed by atoms with Crippen molar-refractivity contribution in [1.82, 2.24) is 14.8 Å². The molecule has 7 heteroatoms. The van der Waals surface area contributed by atoms with E-state index >= 15 is 0 Å².